The minimum absolute atomic E-state index is 0.310. The van der Waals surface area contributed by atoms with Crippen molar-refractivity contribution in [1.29, 1.82) is 0 Å². The Morgan fingerprint density at radius 1 is 1.25 bits per heavy atom. The fraction of sp³-hybridized carbons (Fsp3) is 0.214. The minimum atomic E-state index is -0.310. The number of halogens is 2. The van der Waals surface area contributed by atoms with Gasteiger partial charge in [0.1, 0.15) is 12.1 Å². The molecule has 4 nitrogen and oxygen atoms in total. The van der Waals surface area contributed by atoms with E-state index in [1.807, 2.05) is 13.8 Å². The van der Waals surface area contributed by atoms with Gasteiger partial charge in [-0.1, -0.05) is 17.7 Å². The number of benzene rings is 1. The second kappa shape index (κ2) is 4.83. The lowest BCUT2D eigenvalue weighted by molar-refractivity contribution is 0.613. The van der Waals surface area contributed by atoms with E-state index in [-0.39, 0.29) is 5.82 Å². The summed E-state index contributed by atoms with van der Waals surface area (Å²) in [6.07, 6.45) is 1.83. The first kappa shape index (κ1) is 13.0. The Bertz CT molecular complexity index is 777. The van der Waals surface area contributed by atoms with E-state index in [9.17, 15) is 4.39 Å². The molecule has 0 bridgehead atoms. The van der Waals surface area contributed by atoms with Crippen molar-refractivity contribution < 1.29 is 4.39 Å². The summed E-state index contributed by atoms with van der Waals surface area (Å²) in [5.74, 6) is 0.235. The van der Waals surface area contributed by atoms with Crippen LogP contribution in [0.2, 0.25) is 5.02 Å². The number of nitrogens with zero attached hydrogens (tertiary/aromatic N) is 4. The topological polar surface area (TPSA) is 43.1 Å². The Kier molecular flexibility index (Phi) is 3.14. The third-order valence-electron chi connectivity index (χ3n) is 3.40. The second-order valence-electron chi connectivity index (χ2n) is 4.61. The fourth-order valence-corrected chi connectivity index (χ4v) is 2.52. The maximum absolute atomic E-state index is 13.9. The fourth-order valence-electron chi connectivity index (χ4n) is 2.29. The van der Waals surface area contributed by atoms with Crippen molar-refractivity contribution in [2.45, 2.75) is 20.3 Å². The van der Waals surface area contributed by atoms with Gasteiger partial charge in [-0.25, -0.2) is 13.9 Å². The molecule has 3 aromatic rings. The van der Waals surface area contributed by atoms with Crippen molar-refractivity contribution in [3.05, 3.63) is 57.9 Å². The van der Waals surface area contributed by atoms with Crippen LogP contribution in [0.5, 0.6) is 0 Å². The lowest BCUT2D eigenvalue weighted by Crippen LogP contribution is -2.07. The lowest BCUT2D eigenvalue weighted by atomic mass is 10.0. The predicted octanol–water partition coefficient (Wildman–Crippen LogP) is 3.12. The Labute approximate surface area is 120 Å². The average molecular weight is 291 g/mol. The van der Waals surface area contributed by atoms with Crippen LogP contribution in [-0.4, -0.2) is 19.6 Å². The van der Waals surface area contributed by atoms with Crippen LogP contribution in [0.3, 0.4) is 0 Å². The molecular weight excluding hydrogens is 279 g/mol. The Hall–Kier alpha value is -2.01. The van der Waals surface area contributed by atoms with Crippen LogP contribution in [0.1, 0.15) is 22.5 Å². The van der Waals surface area contributed by atoms with Gasteiger partial charge in [-0.2, -0.15) is 10.1 Å². The van der Waals surface area contributed by atoms with Gasteiger partial charge in [0.2, 0.25) is 0 Å². The largest absolute Gasteiger partial charge is 0.252 e. The standard InChI is InChI=1S/C14H12ClFN4/c1-8-10(6-11-12(15)4-3-5-13(11)16)9(2)20-14(19-8)17-7-18-20/h3-5,7H,6H2,1-2H3. The van der Waals surface area contributed by atoms with Crippen LogP contribution >= 0.6 is 11.6 Å². The first-order valence-corrected chi connectivity index (χ1v) is 6.54. The molecule has 102 valence electrons. The van der Waals surface area contributed by atoms with E-state index in [1.165, 1.54) is 12.4 Å². The van der Waals surface area contributed by atoms with E-state index >= 15 is 0 Å². The third kappa shape index (κ3) is 2.04. The van der Waals surface area contributed by atoms with Crippen molar-refractivity contribution in [2.75, 3.05) is 0 Å². The van der Waals surface area contributed by atoms with Crippen molar-refractivity contribution in [3.8, 4) is 0 Å². The summed E-state index contributed by atoms with van der Waals surface area (Å²) in [6.45, 7) is 3.80. The molecule has 0 amide bonds. The maximum atomic E-state index is 13.9. The van der Waals surface area contributed by atoms with E-state index < -0.39 is 0 Å². The first-order valence-electron chi connectivity index (χ1n) is 6.16. The number of rotatable bonds is 2. The third-order valence-corrected chi connectivity index (χ3v) is 3.76. The highest BCUT2D eigenvalue weighted by molar-refractivity contribution is 6.31. The number of aromatic nitrogens is 4. The highest BCUT2D eigenvalue weighted by atomic mass is 35.5. The monoisotopic (exact) mass is 290 g/mol. The van der Waals surface area contributed by atoms with E-state index in [4.69, 9.17) is 11.6 Å². The molecule has 0 aliphatic rings. The lowest BCUT2D eigenvalue weighted by Gasteiger charge is -2.12. The van der Waals surface area contributed by atoms with Crippen LogP contribution < -0.4 is 0 Å². The van der Waals surface area contributed by atoms with Crippen molar-refractivity contribution in [2.24, 2.45) is 0 Å². The SMILES string of the molecule is Cc1nc2ncnn2c(C)c1Cc1c(F)cccc1Cl. The van der Waals surface area contributed by atoms with Gasteiger partial charge in [0.15, 0.2) is 0 Å². The summed E-state index contributed by atoms with van der Waals surface area (Å²) in [5, 5.41) is 4.54. The molecule has 0 unspecified atom stereocenters. The Balaban J connectivity index is 2.15. The van der Waals surface area contributed by atoms with Gasteiger partial charge in [-0.3, -0.25) is 0 Å². The second-order valence-corrected chi connectivity index (χ2v) is 5.02. The molecule has 0 aliphatic heterocycles. The van der Waals surface area contributed by atoms with Gasteiger partial charge < -0.3 is 0 Å². The normalized spacial score (nSPS) is 11.2. The molecule has 0 spiro atoms. The Morgan fingerprint density at radius 3 is 2.80 bits per heavy atom. The molecule has 0 saturated heterocycles. The van der Waals surface area contributed by atoms with Crippen molar-refractivity contribution >= 4 is 17.4 Å². The molecule has 3 rings (SSSR count). The van der Waals surface area contributed by atoms with Gasteiger partial charge in [0.05, 0.1) is 0 Å². The van der Waals surface area contributed by atoms with Gasteiger partial charge >= 0.3 is 0 Å². The highest BCUT2D eigenvalue weighted by Gasteiger charge is 2.15. The molecule has 0 N–H and O–H groups in total. The quantitative estimate of drug-likeness (QED) is 0.728. The molecule has 0 fully saturated rings. The highest BCUT2D eigenvalue weighted by Crippen LogP contribution is 2.24. The van der Waals surface area contributed by atoms with Crippen LogP contribution in [-0.2, 0) is 6.42 Å². The molecule has 6 heteroatoms. The average Bonchev–Trinajstić information content (AvgIpc) is 2.85. The Morgan fingerprint density at radius 2 is 2.05 bits per heavy atom. The molecule has 0 saturated carbocycles. The summed E-state index contributed by atoms with van der Waals surface area (Å²) >= 11 is 6.09. The zero-order valence-corrected chi connectivity index (χ0v) is 11.8. The van der Waals surface area contributed by atoms with Crippen LogP contribution in [0.4, 0.5) is 4.39 Å². The van der Waals surface area contributed by atoms with Crippen molar-refractivity contribution in [3.63, 3.8) is 0 Å². The molecule has 1 aromatic carbocycles. The molecule has 0 atom stereocenters. The predicted molar refractivity (Wildman–Crippen MR) is 74.5 cm³/mol. The molecule has 20 heavy (non-hydrogen) atoms. The van der Waals surface area contributed by atoms with Gasteiger partial charge in [0.25, 0.3) is 5.78 Å². The summed E-state index contributed by atoms with van der Waals surface area (Å²) in [7, 11) is 0. The minimum Gasteiger partial charge on any atom is -0.216 e. The van der Waals surface area contributed by atoms with Crippen LogP contribution in [0.15, 0.2) is 24.5 Å². The first-order chi connectivity index (χ1) is 9.58. The molecule has 0 aliphatic carbocycles. The number of hydrogen-bond donors (Lipinski definition) is 0. The van der Waals surface area contributed by atoms with Crippen molar-refractivity contribution in [1.82, 2.24) is 19.6 Å². The van der Waals surface area contributed by atoms with E-state index in [0.717, 1.165) is 17.0 Å². The summed E-state index contributed by atoms with van der Waals surface area (Å²) in [4.78, 5) is 8.44. The molecule has 2 aromatic heterocycles. The molecule has 2 heterocycles. The van der Waals surface area contributed by atoms with Gasteiger partial charge in [0, 0.05) is 28.4 Å². The maximum Gasteiger partial charge on any atom is 0.252 e. The molecule has 0 radical (unpaired) electrons. The zero-order valence-electron chi connectivity index (χ0n) is 11.1. The van der Waals surface area contributed by atoms with Gasteiger partial charge in [-0.05, 0) is 31.5 Å². The number of hydrogen-bond acceptors (Lipinski definition) is 3. The zero-order chi connectivity index (χ0) is 14.3. The van der Waals surface area contributed by atoms with E-state index in [2.05, 4.69) is 15.1 Å². The van der Waals surface area contributed by atoms with Crippen LogP contribution in [0.25, 0.3) is 5.78 Å². The summed E-state index contributed by atoms with van der Waals surface area (Å²) in [5.41, 5.74) is 3.09. The number of aryl methyl sites for hydroxylation is 2. The summed E-state index contributed by atoms with van der Waals surface area (Å²) in [6, 6.07) is 4.69. The van der Waals surface area contributed by atoms with Crippen LogP contribution in [0, 0.1) is 19.7 Å². The van der Waals surface area contributed by atoms with E-state index in [1.54, 1.807) is 16.6 Å². The van der Waals surface area contributed by atoms with E-state index in [0.29, 0.717) is 22.8 Å². The van der Waals surface area contributed by atoms with Gasteiger partial charge in [-0.15, -0.1) is 0 Å². The number of fused-ring (bicyclic) bond motifs is 1. The summed E-state index contributed by atoms with van der Waals surface area (Å²) < 4.78 is 15.6. The molecular formula is C14H12ClFN4. The smallest absolute Gasteiger partial charge is 0.216 e.